The molecule has 140 valence electrons. The molecule has 8 heteroatoms. The number of benzene rings is 1. The molecule has 4 amide bonds. The molecular weight excluding hydrogens is 336 g/mol. The number of anilines is 1. The number of ether oxygens (including phenoxy) is 1. The summed E-state index contributed by atoms with van der Waals surface area (Å²) in [4.78, 5) is 39.1. The number of amides is 4. The Morgan fingerprint density at radius 1 is 1.23 bits per heavy atom. The minimum atomic E-state index is -0.604. The number of nitrogens with one attached hydrogen (secondary N) is 2. The van der Waals surface area contributed by atoms with E-state index in [1.807, 2.05) is 23.1 Å². The molecule has 0 bridgehead atoms. The summed E-state index contributed by atoms with van der Waals surface area (Å²) in [7, 11) is 1.65. The summed E-state index contributed by atoms with van der Waals surface area (Å²) in [6.45, 7) is 4.84. The minimum Gasteiger partial charge on any atom is -0.497 e. The highest BCUT2D eigenvalue weighted by molar-refractivity contribution is 6.04. The Morgan fingerprint density at radius 3 is 2.58 bits per heavy atom. The molecule has 2 fully saturated rings. The third-order valence-corrected chi connectivity index (χ3v) is 4.89. The highest BCUT2D eigenvalue weighted by Gasteiger charge is 2.30. The third kappa shape index (κ3) is 3.89. The van der Waals surface area contributed by atoms with Gasteiger partial charge in [0, 0.05) is 44.4 Å². The number of carbonyl (C=O) groups excluding carboxylic acids is 3. The molecule has 1 aromatic rings. The molecule has 2 saturated heterocycles. The second-order valence-electron chi connectivity index (χ2n) is 6.57. The lowest BCUT2D eigenvalue weighted by atomic mass is 10.1. The van der Waals surface area contributed by atoms with Gasteiger partial charge in [0.25, 0.3) is 5.91 Å². The Hall–Kier alpha value is -2.77. The summed E-state index contributed by atoms with van der Waals surface area (Å²) in [6, 6.07) is 4.90. The van der Waals surface area contributed by atoms with E-state index >= 15 is 0 Å². The lowest BCUT2D eigenvalue weighted by Gasteiger charge is -2.37. The smallest absolute Gasteiger partial charge is 0.322 e. The van der Waals surface area contributed by atoms with E-state index < -0.39 is 12.1 Å². The molecule has 1 aromatic carbocycles. The van der Waals surface area contributed by atoms with Crippen LogP contribution in [-0.4, -0.2) is 62.1 Å². The van der Waals surface area contributed by atoms with Gasteiger partial charge >= 0.3 is 6.03 Å². The number of hydrogen-bond acceptors (Lipinski definition) is 5. The fourth-order valence-corrected chi connectivity index (χ4v) is 3.34. The first-order valence-corrected chi connectivity index (χ1v) is 8.76. The summed E-state index contributed by atoms with van der Waals surface area (Å²) < 4.78 is 5.30. The average Bonchev–Trinajstić information content (AvgIpc) is 2.97. The Morgan fingerprint density at radius 2 is 1.96 bits per heavy atom. The van der Waals surface area contributed by atoms with E-state index in [-0.39, 0.29) is 18.2 Å². The Kier molecular flexibility index (Phi) is 5.29. The number of piperazine rings is 1. The van der Waals surface area contributed by atoms with Gasteiger partial charge in [0.15, 0.2) is 0 Å². The van der Waals surface area contributed by atoms with E-state index in [1.165, 1.54) is 5.56 Å². The van der Waals surface area contributed by atoms with E-state index in [1.54, 1.807) is 7.11 Å². The average molecular weight is 360 g/mol. The maximum atomic E-state index is 12.4. The van der Waals surface area contributed by atoms with Crippen LogP contribution >= 0.6 is 0 Å². The van der Waals surface area contributed by atoms with Gasteiger partial charge in [0.05, 0.1) is 7.11 Å². The van der Waals surface area contributed by atoms with Gasteiger partial charge in [-0.3, -0.25) is 14.9 Å². The van der Waals surface area contributed by atoms with E-state index in [0.717, 1.165) is 24.5 Å². The van der Waals surface area contributed by atoms with E-state index in [0.29, 0.717) is 19.5 Å². The number of rotatable bonds is 5. The number of methoxy groups -OCH3 is 1. The molecule has 26 heavy (non-hydrogen) atoms. The number of aryl methyl sites for hydroxylation is 1. The van der Waals surface area contributed by atoms with Crippen molar-refractivity contribution in [3.05, 3.63) is 23.8 Å². The van der Waals surface area contributed by atoms with Crippen molar-refractivity contribution in [1.82, 2.24) is 15.5 Å². The first kappa shape index (κ1) is 18.0. The highest BCUT2D eigenvalue weighted by Crippen LogP contribution is 2.26. The van der Waals surface area contributed by atoms with Crippen molar-refractivity contribution in [2.75, 3.05) is 38.2 Å². The number of imide groups is 1. The molecule has 8 nitrogen and oxygen atoms in total. The quantitative estimate of drug-likeness (QED) is 0.752. The predicted molar refractivity (Wildman–Crippen MR) is 96.2 cm³/mol. The first-order valence-electron chi connectivity index (χ1n) is 8.76. The third-order valence-electron chi connectivity index (χ3n) is 4.89. The van der Waals surface area contributed by atoms with Gasteiger partial charge in [0.2, 0.25) is 5.91 Å². The number of carbonyl (C=O) groups is 3. The van der Waals surface area contributed by atoms with Crippen molar-refractivity contribution in [3.63, 3.8) is 0 Å². The van der Waals surface area contributed by atoms with Crippen LogP contribution in [0.15, 0.2) is 18.2 Å². The Labute approximate surface area is 152 Å². The molecular formula is C18H24N4O4. The molecule has 0 spiro atoms. The summed E-state index contributed by atoms with van der Waals surface area (Å²) in [5, 5.41) is 4.70. The van der Waals surface area contributed by atoms with Gasteiger partial charge in [-0.05, 0) is 25.0 Å². The van der Waals surface area contributed by atoms with Crippen LogP contribution in [0, 0.1) is 6.92 Å². The molecule has 2 heterocycles. The van der Waals surface area contributed by atoms with Crippen LogP contribution in [0.1, 0.15) is 18.4 Å². The zero-order chi connectivity index (χ0) is 18.7. The largest absolute Gasteiger partial charge is 0.497 e. The predicted octanol–water partition coefficient (Wildman–Crippen LogP) is 0.640. The maximum absolute atomic E-state index is 12.4. The highest BCUT2D eigenvalue weighted by atomic mass is 16.5. The van der Waals surface area contributed by atoms with E-state index in [4.69, 9.17) is 4.74 Å². The van der Waals surface area contributed by atoms with Gasteiger partial charge in [-0.1, -0.05) is 6.07 Å². The fourth-order valence-electron chi connectivity index (χ4n) is 3.34. The maximum Gasteiger partial charge on any atom is 0.322 e. The zero-order valence-electron chi connectivity index (χ0n) is 15.1. The van der Waals surface area contributed by atoms with Crippen molar-refractivity contribution < 1.29 is 19.1 Å². The number of nitrogens with zero attached hydrogens (tertiary/aromatic N) is 2. The van der Waals surface area contributed by atoms with Gasteiger partial charge in [-0.15, -0.1) is 0 Å². The minimum absolute atomic E-state index is 0.0148. The standard InChI is InChI=1S/C18H24N4O4/c1-12-3-4-13(26-2)11-15(12)21-7-9-22(10-8-21)16(23)6-5-14-17(24)20-18(25)19-14/h3-4,11,14H,5-10H2,1-2H3,(H2,19,20,24,25)/t14-/m1/s1. The summed E-state index contributed by atoms with van der Waals surface area (Å²) >= 11 is 0. The second kappa shape index (κ2) is 7.63. The topological polar surface area (TPSA) is 91.0 Å². The molecule has 2 aliphatic rings. The van der Waals surface area contributed by atoms with Crippen molar-refractivity contribution >= 4 is 23.5 Å². The normalized spacial score (nSPS) is 20.0. The van der Waals surface area contributed by atoms with Crippen LogP contribution in [0.2, 0.25) is 0 Å². The summed E-state index contributed by atoms with van der Waals surface area (Å²) in [6.07, 6.45) is 0.572. The molecule has 0 unspecified atom stereocenters. The van der Waals surface area contributed by atoms with Crippen molar-refractivity contribution in [1.29, 1.82) is 0 Å². The summed E-state index contributed by atoms with van der Waals surface area (Å²) in [5.74, 6) is 0.475. The zero-order valence-corrected chi connectivity index (χ0v) is 15.1. The van der Waals surface area contributed by atoms with Crippen LogP contribution < -0.4 is 20.3 Å². The van der Waals surface area contributed by atoms with Gasteiger partial charge in [-0.2, -0.15) is 0 Å². The molecule has 0 aromatic heterocycles. The van der Waals surface area contributed by atoms with Crippen molar-refractivity contribution in [2.45, 2.75) is 25.8 Å². The number of urea groups is 1. The number of hydrogen-bond donors (Lipinski definition) is 2. The van der Waals surface area contributed by atoms with E-state index in [2.05, 4.69) is 22.5 Å². The monoisotopic (exact) mass is 360 g/mol. The van der Waals surface area contributed by atoms with Crippen LogP contribution in [0.25, 0.3) is 0 Å². The lowest BCUT2D eigenvalue weighted by Crippen LogP contribution is -2.49. The SMILES string of the molecule is COc1ccc(C)c(N2CCN(C(=O)CC[C@H]3NC(=O)NC3=O)CC2)c1. The van der Waals surface area contributed by atoms with Gasteiger partial charge in [0.1, 0.15) is 11.8 Å². The molecule has 0 radical (unpaired) electrons. The fraction of sp³-hybridized carbons (Fsp3) is 0.500. The van der Waals surface area contributed by atoms with E-state index in [9.17, 15) is 14.4 Å². The van der Waals surface area contributed by atoms with Crippen LogP contribution in [0.5, 0.6) is 5.75 Å². The van der Waals surface area contributed by atoms with Gasteiger partial charge in [-0.25, -0.2) is 4.79 Å². The molecule has 2 N–H and O–H groups in total. The van der Waals surface area contributed by atoms with Crippen LogP contribution in [0.4, 0.5) is 10.5 Å². The lowest BCUT2D eigenvalue weighted by molar-refractivity contribution is -0.131. The molecule has 2 aliphatic heterocycles. The van der Waals surface area contributed by atoms with Crippen LogP contribution in [0.3, 0.4) is 0 Å². The van der Waals surface area contributed by atoms with Crippen molar-refractivity contribution in [3.8, 4) is 5.75 Å². The second-order valence-corrected chi connectivity index (χ2v) is 6.57. The Balaban J connectivity index is 1.51. The van der Waals surface area contributed by atoms with Crippen LogP contribution in [-0.2, 0) is 9.59 Å². The van der Waals surface area contributed by atoms with Crippen molar-refractivity contribution in [2.24, 2.45) is 0 Å². The summed E-state index contributed by atoms with van der Waals surface area (Å²) in [5.41, 5.74) is 2.30. The molecule has 3 rings (SSSR count). The van der Waals surface area contributed by atoms with Gasteiger partial charge < -0.3 is 19.9 Å². The molecule has 0 saturated carbocycles. The first-order chi connectivity index (χ1) is 12.5. The Bertz CT molecular complexity index is 713. The molecule has 1 atom stereocenters. The molecule has 0 aliphatic carbocycles.